The molecule has 9 atom stereocenters. The monoisotopic (exact) mass is 1080 g/mol. The number of rotatable bonds is 35. The number of aromatic nitrogens is 1. The third-order valence-corrected chi connectivity index (χ3v) is 11.5. The second kappa shape index (κ2) is 32.4. The van der Waals surface area contributed by atoms with Crippen molar-refractivity contribution in [2.75, 3.05) is 25.4 Å². The summed E-state index contributed by atoms with van der Waals surface area (Å²) in [5.41, 5.74) is 39.9. The standard InChI is InChI=1S/C44H71N17O13S/c1-21(62)34(42(73)74)61-41(72)31(20-75)60-39(70)29(17-32(47)63)59-38(69)28(16-22-19-54-25-10-3-2-8-23(22)25)58-37(68)26(11-4-5-13-45)55-36(67)27(12-7-15-53-44(50)51)56-40(71)30(18-33(64)65)57-35(66)24(46)9-6-14-52-43(48)49/h2-3,8,10,19,21,24,26-31,34,54,62,75H,4-7,9,11-18,20,45-46H2,1H3,(H2,47,63)(H,55,67)(H,56,71)(H,57,66)(H,58,68)(H,59,69)(H,60,70)(H,61,72)(H,64,65)(H,73,74)(H4,48,49,52)(H4,50,51,53)/t21-,24+,26+,27+,28+,29+,30+,31+,34+/m1/s1. The number of aliphatic imine (C=N–C) groups is 2. The molecule has 416 valence electrons. The second-order valence-corrected chi connectivity index (χ2v) is 17.6. The topological polar surface area (TPSA) is 538 Å². The van der Waals surface area contributed by atoms with Crippen LogP contribution in [0.2, 0.25) is 0 Å². The van der Waals surface area contributed by atoms with Gasteiger partial charge in [-0.1, -0.05) is 18.2 Å². The van der Waals surface area contributed by atoms with Crippen LogP contribution in [0.3, 0.4) is 0 Å². The lowest BCUT2D eigenvalue weighted by Crippen LogP contribution is -2.61. The minimum absolute atomic E-state index is 0.0392. The zero-order valence-corrected chi connectivity index (χ0v) is 42.2. The molecule has 0 aliphatic carbocycles. The number of unbranched alkanes of at least 4 members (excludes halogenated alkanes) is 1. The Kier molecular flexibility index (Phi) is 27.4. The molecule has 0 fully saturated rings. The highest BCUT2D eigenvalue weighted by atomic mass is 32.1. The Morgan fingerprint density at radius 2 is 1.08 bits per heavy atom. The second-order valence-electron chi connectivity index (χ2n) is 17.2. The third-order valence-electron chi connectivity index (χ3n) is 11.1. The van der Waals surface area contributed by atoms with Crippen molar-refractivity contribution in [1.82, 2.24) is 42.2 Å². The zero-order valence-electron chi connectivity index (χ0n) is 41.3. The molecule has 0 unspecified atom stereocenters. The average Bonchev–Trinajstić information content (AvgIpc) is 3.74. The van der Waals surface area contributed by atoms with Gasteiger partial charge in [-0.2, -0.15) is 12.6 Å². The van der Waals surface area contributed by atoms with Crippen molar-refractivity contribution in [1.29, 1.82) is 0 Å². The summed E-state index contributed by atoms with van der Waals surface area (Å²) < 4.78 is 0. The minimum Gasteiger partial charge on any atom is -0.481 e. The number of thiol groups is 1. The quantitative estimate of drug-likeness (QED) is 0.0132. The summed E-state index contributed by atoms with van der Waals surface area (Å²) in [7, 11) is 0. The fraction of sp³-hybridized carbons (Fsp3) is 0.545. The molecule has 30 nitrogen and oxygen atoms in total. The molecular formula is C44H71N17O13S. The lowest BCUT2D eigenvalue weighted by Gasteiger charge is -2.28. The van der Waals surface area contributed by atoms with Gasteiger partial charge in [-0.3, -0.25) is 53.1 Å². The third kappa shape index (κ3) is 22.9. The Hall–Kier alpha value is -7.77. The minimum atomic E-state index is -1.80. The number of carboxylic acids is 2. The SMILES string of the molecule is C[C@@H](O)[C@H](NC(=O)[C@H](CS)NC(=O)[C@H](CC(N)=O)NC(=O)[C@H](Cc1c[nH]c2ccccc12)NC(=O)[C@H](CCCCN)NC(=O)[C@H](CCCN=C(N)N)NC(=O)[C@H](CC(=O)O)NC(=O)[C@@H](N)CCCN=C(N)N)C(=O)O. The molecule has 25 N–H and O–H groups in total. The highest BCUT2D eigenvalue weighted by Gasteiger charge is 2.36. The number of aliphatic hydroxyl groups excluding tert-OH is 1. The number of aromatic amines is 1. The predicted octanol–water partition coefficient (Wildman–Crippen LogP) is -6.59. The van der Waals surface area contributed by atoms with Gasteiger partial charge in [-0.25, -0.2) is 4.79 Å². The van der Waals surface area contributed by atoms with Crippen molar-refractivity contribution in [2.24, 2.45) is 50.1 Å². The number of benzene rings is 1. The van der Waals surface area contributed by atoms with Gasteiger partial charge in [0, 0.05) is 42.4 Å². The van der Waals surface area contributed by atoms with Crippen molar-refractivity contribution in [2.45, 2.75) is 126 Å². The molecule has 2 rings (SSSR count). The number of nitrogens with two attached hydrogens (primary N) is 7. The number of para-hydroxylation sites is 1. The van der Waals surface area contributed by atoms with Crippen LogP contribution in [0.4, 0.5) is 0 Å². The van der Waals surface area contributed by atoms with Gasteiger partial charge < -0.3 is 97.7 Å². The van der Waals surface area contributed by atoms with Gasteiger partial charge in [-0.15, -0.1) is 0 Å². The first kappa shape index (κ1) is 63.3. The highest BCUT2D eigenvalue weighted by molar-refractivity contribution is 7.80. The number of amides is 8. The van der Waals surface area contributed by atoms with Crippen LogP contribution in [0.15, 0.2) is 40.4 Å². The maximum absolute atomic E-state index is 14.5. The van der Waals surface area contributed by atoms with Gasteiger partial charge in [0.2, 0.25) is 47.3 Å². The number of fused-ring (bicyclic) bond motifs is 1. The van der Waals surface area contributed by atoms with Crippen LogP contribution in [-0.4, -0.2) is 171 Å². The van der Waals surface area contributed by atoms with Gasteiger partial charge in [0.1, 0.15) is 36.3 Å². The van der Waals surface area contributed by atoms with Crippen molar-refractivity contribution in [3.8, 4) is 0 Å². The molecule has 0 aliphatic heterocycles. The molecule has 8 amide bonds. The molecule has 0 spiro atoms. The number of aliphatic hydroxyl groups is 1. The van der Waals surface area contributed by atoms with E-state index in [1.54, 1.807) is 30.5 Å². The van der Waals surface area contributed by atoms with Gasteiger partial charge in [0.25, 0.3) is 0 Å². The zero-order chi connectivity index (χ0) is 56.4. The number of guanidine groups is 2. The number of carbonyl (C=O) groups excluding carboxylic acids is 8. The van der Waals surface area contributed by atoms with Crippen LogP contribution >= 0.6 is 12.6 Å². The number of aliphatic carboxylic acids is 2. The van der Waals surface area contributed by atoms with E-state index in [0.717, 1.165) is 6.92 Å². The number of carboxylic acid groups (broad SMARTS) is 2. The first-order valence-electron chi connectivity index (χ1n) is 23.6. The van der Waals surface area contributed by atoms with E-state index in [4.69, 9.17) is 40.1 Å². The van der Waals surface area contributed by atoms with Crippen LogP contribution in [0, 0.1) is 0 Å². The van der Waals surface area contributed by atoms with E-state index < -0.39 is 132 Å². The Labute approximate surface area is 436 Å². The van der Waals surface area contributed by atoms with Crippen molar-refractivity contribution >= 4 is 94.6 Å². The van der Waals surface area contributed by atoms with Gasteiger partial charge >= 0.3 is 11.9 Å². The van der Waals surface area contributed by atoms with E-state index in [1.807, 2.05) is 0 Å². The van der Waals surface area contributed by atoms with E-state index in [9.17, 15) is 63.3 Å². The molecule has 31 heteroatoms. The van der Waals surface area contributed by atoms with Gasteiger partial charge in [0.05, 0.1) is 25.0 Å². The molecule has 0 aliphatic rings. The molecule has 1 aromatic carbocycles. The number of primary amides is 1. The normalized spacial score (nSPS) is 14.6. The average molecular weight is 1080 g/mol. The summed E-state index contributed by atoms with van der Waals surface area (Å²) in [6.45, 7) is 1.37. The number of carbonyl (C=O) groups is 10. The largest absolute Gasteiger partial charge is 0.481 e. The maximum Gasteiger partial charge on any atom is 0.328 e. The van der Waals surface area contributed by atoms with Crippen molar-refractivity contribution in [3.63, 3.8) is 0 Å². The number of nitrogens with zero attached hydrogens (tertiary/aromatic N) is 2. The fourth-order valence-electron chi connectivity index (χ4n) is 7.19. The Bertz CT molecular complexity index is 2360. The summed E-state index contributed by atoms with van der Waals surface area (Å²) in [5, 5.41) is 46.2. The van der Waals surface area contributed by atoms with Crippen LogP contribution < -0.4 is 77.4 Å². The Balaban J connectivity index is 2.54. The summed E-state index contributed by atoms with van der Waals surface area (Å²) in [5.74, 6) is -12.3. The number of nitrogens with one attached hydrogen (secondary N) is 8. The molecule has 0 saturated carbocycles. The van der Waals surface area contributed by atoms with Crippen molar-refractivity contribution < 1.29 is 63.3 Å². The predicted molar refractivity (Wildman–Crippen MR) is 275 cm³/mol. The summed E-state index contributed by atoms with van der Waals surface area (Å²) >= 11 is 4.06. The van der Waals surface area contributed by atoms with Crippen molar-refractivity contribution in [3.05, 3.63) is 36.0 Å². The molecule has 0 saturated heterocycles. The van der Waals surface area contributed by atoms with Crippen LogP contribution in [0.25, 0.3) is 10.9 Å². The smallest absolute Gasteiger partial charge is 0.328 e. The lowest BCUT2D eigenvalue weighted by molar-refractivity contribution is -0.145. The van der Waals surface area contributed by atoms with E-state index in [2.05, 4.69) is 64.8 Å². The molecule has 75 heavy (non-hydrogen) atoms. The summed E-state index contributed by atoms with van der Waals surface area (Å²) in [4.78, 5) is 143. The molecule has 2 aromatic rings. The molecule has 0 radical (unpaired) electrons. The first-order chi connectivity index (χ1) is 35.4. The van der Waals surface area contributed by atoms with Crippen LogP contribution in [0.1, 0.15) is 70.3 Å². The molecular weight excluding hydrogens is 1010 g/mol. The van der Waals surface area contributed by atoms with Gasteiger partial charge in [-0.05, 0) is 70.0 Å². The maximum atomic E-state index is 14.5. The first-order valence-corrected chi connectivity index (χ1v) is 24.3. The summed E-state index contributed by atoms with van der Waals surface area (Å²) in [6.07, 6.45) is -1.38. The molecule has 1 aromatic heterocycles. The number of H-pyrrole nitrogens is 1. The van der Waals surface area contributed by atoms with Crippen LogP contribution in [-0.2, 0) is 54.4 Å². The molecule has 1 heterocycles. The number of hydrogen-bond acceptors (Lipinski definition) is 16. The van der Waals surface area contributed by atoms with Gasteiger partial charge in [0.15, 0.2) is 18.0 Å². The highest BCUT2D eigenvalue weighted by Crippen LogP contribution is 2.20. The Morgan fingerprint density at radius 1 is 0.613 bits per heavy atom. The summed E-state index contributed by atoms with van der Waals surface area (Å²) in [6, 6.07) is -5.76. The van der Waals surface area contributed by atoms with E-state index in [-0.39, 0.29) is 76.5 Å². The van der Waals surface area contributed by atoms with Crippen LogP contribution in [0.5, 0.6) is 0 Å². The Morgan fingerprint density at radius 3 is 1.60 bits per heavy atom. The van der Waals surface area contributed by atoms with E-state index in [1.165, 1.54) is 0 Å². The fourth-order valence-corrected chi connectivity index (χ4v) is 7.44. The number of hydrogen-bond donors (Lipinski definition) is 19. The molecule has 0 bridgehead atoms. The lowest BCUT2D eigenvalue weighted by atomic mass is 10.0. The van der Waals surface area contributed by atoms with E-state index in [0.29, 0.717) is 22.9 Å². The van der Waals surface area contributed by atoms with E-state index >= 15 is 0 Å².